The number of ether oxygens (including phenoxy) is 1. The highest BCUT2D eigenvalue weighted by molar-refractivity contribution is 7.93. The first-order valence-electron chi connectivity index (χ1n) is 6.16. The Morgan fingerprint density at radius 2 is 1.79 bits per heavy atom. The summed E-state index contributed by atoms with van der Waals surface area (Å²) in [5, 5.41) is 0. The van der Waals surface area contributed by atoms with Crippen molar-refractivity contribution >= 4 is 15.8 Å². The van der Waals surface area contributed by atoms with E-state index in [1.165, 1.54) is 12.1 Å². The van der Waals surface area contributed by atoms with E-state index in [2.05, 4.69) is 0 Å². The summed E-state index contributed by atoms with van der Waals surface area (Å²) in [6.07, 6.45) is 3.78. The molecule has 0 spiro atoms. The molecule has 1 aromatic rings. The molecule has 0 fully saturated rings. The van der Waals surface area contributed by atoms with Gasteiger partial charge in [0.1, 0.15) is 0 Å². The van der Waals surface area contributed by atoms with Gasteiger partial charge in [-0.2, -0.15) is 0 Å². The standard InChI is InChI=1S/C14H16O4S/c1-2-18-13(15)14(10-6-7-11-14)19(16,17)12-8-4-3-5-9-12/h3-9H,2,10-11H2,1H3. The SMILES string of the molecule is CCOC(=O)C1(S(=O)(=O)c2ccccc2)CC=CC1. The van der Waals surface area contributed by atoms with Crippen LogP contribution in [0.3, 0.4) is 0 Å². The second-order valence-electron chi connectivity index (χ2n) is 4.41. The van der Waals surface area contributed by atoms with Crippen molar-refractivity contribution in [3.63, 3.8) is 0 Å². The normalized spacial score (nSPS) is 17.3. The van der Waals surface area contributed by atoms with E-state index in [4.69, 9.17) is 4.74 Å². The van der Waals surface area contributed by atoms with Gasteiger partial charge in [0.25, 0.3) is 0 Å². The molecule has 19 heavy (non-hydrogen) atoms. The number of allylic oxidation sites excluding steroid dienone is 2. The Morgan fingerprint density at radius 1 is 1.21 bits per heavy atom. The number of carbonyl (C=O) groups is 1. The first-order valence-corrected chi connectivity index (χ1v) is 7.65. The van der Waals surface area contributed by atoms with Crippen LogP contribution < -0.4 is 0 Å². The Kier molecular flexibility index (Phi) is 3.75. The number of esters is 1. The summed E-state index contributed by atoms with van der Waals surface area (Å²) in [7, 11) is -3.76. The summed E-state index contributed by atoms with van der Waals surface area (Å²) in [6, 6.07) is 8.05. The summed E-state index contributed by atoms with van der Waals surface area (Å²) in [5.74, 6) is -0.663. The maximum Gasteiger partial charge on any atom is 0.328 e. The van der Waals surface area contributed by atoms with E-state index in [9.17, 15) is 13.2 Å². The molecule has 0 amide bonds. The molecule has 102 valence electrons. The fraction of sp³-hybridized carbons (Fsp3) is 0.357. The Morgan fingerprint density at radius 3 is 2.32 bits per heavy atom. The first-order chi connectivity index (χ1) is 9.04. The first kappa shape index (κ1) is 13.8. The molecule has 0 heterocycles. The minimum Gasteiger partial charge on any atom is -0.465 e. The number of hydrogen-bond acceptors (Lipinski definition) is 4. The lowest BCUT2D eigenvalue weighted by Gasteiger charge is -2.26. The molecular weight excluding hydrogens is 264 g/mol. The van der Waals surface area contributed by atoms with E-state index >= 15 is 0 Å². The molecule has 0 bridgehead atoms. The second kappa shape index (κ2) is 5.17. The van der Waals surface area contributed by atoms with Gasteiger partial charge in [0.05, 0.1) is 11.5 Å². The summed E-state index contributed by atoms with van der Waals surface area (Å²) >= 11 is 0. The number of rotatable bonds is 4. The van der Waals surface area contributed by atoms with Crippen LogP contribution in [0.5, 0.6) is 0 Å². The summed E-state index contributed by atoms with van der Waals surface area (Å²) in [4.78, 5) is 12.3. The van der Waals surface area contributed by atoms with Gasteiger partial charge in [-0.25, -0.2) is 8.42 Å². The highest BCUT2D eigenvalue weighted by Crippen LogP contribution is 2.37. The molecule has 0 saturated heterocycles. The van der Waals surface area contributed by atoms with E-state index in [-0.39, 0.29) is 24.3 Å². The Labute approximate surface area is 113 Å². The van der Waals surface area contributed by atoms with Crippen LogP contribution in [0.1, 0.15) is 19.8 Å². The van der Waals surface area contributed by atoms with Crippen LogP contribution in [-0.2, 0) is 19.4 Å². The van der Waals surface area contributed by atoms with Gasteiger partial charge in [0.2, 0.25) is 0 Å². The minimum atomic E-state index is -3.76. The van der Waals surface area contributed by atoms with Crippen molar-refractivity contribution in [2.45, 2.75) is 29.4 Å². The van der Waals surface area contributed by atoms with E-state index in [1.54, 1.807) is 37.3 Å². The lowest BCUT2D eigenvalue weighted by Crippen LogP contribution is -2.45. The quantitative estimate of drug-likeness (QED) is 0.626. The van der Waals surface area contributed by atoms with Crippen molar-refractivity contribution in [3.05, 3.63) is 42.5 Å². The molecular formula is C14H16O4S. The van der Waals surface area contributed by atoms with E-state index < -0.39 is 20.6 Å². The highest BCUT2D eigenvalue weighted by Gasteiger charge is 2.52. The number of benzene rings is 1. The molecule has 1 aliphatic carbocycles. The van der Waals surface area contributed by atoms with Crippen LogP contribution in [0.4, 0.5) is 0 Å². The predicted molar refractivity (Wildman–Crippen MR) is 71.4 cm³/mol. The molecule has 0 aromatic heterocycles. The van der Waals surface area contributed by atoms with Crippen LogP contribution in [0.25, 0.3) is 0 Å². The Balaban J connectivity index is 2.48. The largest absolute Gasteiger partial charge is 0.465 e. The van der Waals surface area contributed by atoms with Crippen LogP contribution in [0.2, 0.25) is 0 Å². The molecule has 1 aliphatic rings. The predicted octanol–water partition coefficient (Wildman–Crippen LogP) is 2.11. The number of sulfone groups is 1. The Hall–Kier alpha value is -1.62. The molecule has 0 aliphatic heterocycles. The van der Waals surface area contributed by atoms with E-state index in [1.807, 2.05) is 0 Å². The molecule has 0 N–H and O–H groups in total. The second-order valence-corrected chi connectivity index (χ2v) is 6.67. The molecule has 5 heteroatoms. The summed E-state index contributed by atoms with van der Waals surface area (Å²) in [5.41, 5.74) is 0. The third-order valence-electron chi connectivity index (χ3n) is 3.28. The topological polar surface area (TPSA) is 60.4 Å². The maximum absolute atomic E-state index is 12.7. The van der Waals surface area contributed by atoms with E-state index in [0.717, 1.165) is 0 Å². The Bertz CT molecular complexity index is 579. The van der Waals surface area contributed by atoms with Gasteiger partial charge in [0.15, 0.2) is 14.6 Å². The minimum absolute atomic E-state index is 0.159. The monoisotopic (exact) mass is 280 g/mol. The van der Waals surface area contributed by atoms with Gasteiger partial charge >= 0.3 is 5.97 Å². The van der Waals surface area contributed by atoms with Crippen LogP contribution in [-0.4, -0.2) is 25.7 Å². The summed E-state index contributed by atoms with van der Waals surface area (Å²) < 4.78 is 28.9. The van der Waals surface area contributed by atoms with Gasteiger partial charge in [-0.05, 0) is 31.9 Å². The average molecular weight is 280 g/mol. The fourth-order valence-electron chi connectivity index (χ4n) is 2.21. The third kappa shape index (κ3) is 2.18. The van der Waals surface area contributed by atoms with Gasteiger partial charge < -0.3 is 4.74 Å². The van der Waals surface area contributed by atoms with Gasteiger partial charge in [-0.1, -0.05) is 30.4 Å². The molecule has 0 unspecified atom stereocenters. The molecule has 0 radical (unpaired) electrons. The molecule has 0 atom stereocenters. The average Bonchev–Trinajstić information content (AvgIpc) is 2.91. The lowest BCUT2D eigenvalue weighted by molar-refractivity contribution is -0.146. The third-order valence-corrected chi connectivity index (χ3v) is 5.70. The maximum atomic E-state index is 12.7. The zero-order valence-electron chi connectivity index (χ0n) is 10.7. The zero-order chi connectivity index (χ0) is 13.9. The van der Waals surface area contributed by atoms with Gasteiger partial charge in [-0.3, -0.25) is 4.79 Å². The van der Waals surface area contributed by atoms with Crippen molar-refractivity contribution in [2.75, 3.05) is 6.61 Å². The lowest BCUT2D eigenvalue weighted by atomic mass is 10.1. The van der Waals surface area contributed by atoms with E-state index in [0.29, 0.717) is 0 Å². The van der Waals surface area contributed by atoms with Crippen molar-refractivity contribution in [2.24, 2.45) is 0 Å². The number of hydrogen-bond donors (Lipinski definition) is 0. The van der Waals surface area contributed by atoms with Crippen molar-refractivity contribution in [1.29, 1.82) is 0 Å². The van der Waals surface area contributed by atoms with Gasteiger partial charge in [0, 0.05) is 0 Å². The van der Waals surface area contributed by atoms with Crippen molar-refractivity contribution < 1.29 is 17.9 Å². The van der Waals surface area contributed by atoms with Crippen molar-refractivity contribution in [3.8, 4) is 0 Å². The zero-order valence-corrected chi connectivity index (χ0v) is 11.5. The molecule has 0 saturated carbocycles. The fourth-order valence-corrected chi connectivity index (χ4v) is 4.09. The van der Waals surface area contributed by atoms with Crippen LogP contribution >= 0.6 is 0 Å². The highest BCUT2D eigenvalue weighted by atomic mass is 32.2. The molecule has 1 aromatic carbocycles. The van der Waals surface area contributed by atoms with Gasteiger partial charge in [-0.15, -0.1) is 0 Å². The van der Waals surface area contributed by atoms with Crippen molar-refractivity contribution in [1.82, 2.24) is 0 Å². The smallest absolute Gasteiger partial charge is 0.328 e. The van der Waals surface area contributed by atoms with Crippen LogP contribution in [0, 0.1) is 0 Å². The molecule has 4 nitrogen and oxygen atoms in total. The van der Waals surface area contributed by atoms with Crippen LogP contribution in [0.15, 0.2) is 47.4 Å². The number of carbonyl (C=O) groups excluding carboxylic acids is 1. The molecule has 2 rings (SSSR count). The summed E-state index contributed by atoms with van der Waals surface area (Å²) in [6.45, 7) is 1.84.